The lowest BCUT2D eigenvalue weighted by Crippen LogP contribution is -1.97. The molecule has 0 aliphatic carbocycles. The van der Waals surface area contributed by atoms with Gasteiger partial charge in [0.25, 0.3) is 5.89 Å². The maximum atomic E-state index is 9.55. The molecule has 0 aliphatic rings. The third-order valence-electron chi connectivity index (χ3n) is 1.98. The van der Waals surface area contributed by atoms with Gasteiger partial charge >= 0.3 is 0 Å². The van der Waals surface area contributed by atoms with E-state index in [1.165, 1.54) is 11.3 Å². The summed E-state index contributed by atoms with van der Waals surface area (Å²) < 4.78 is 7.01. The molecule has 2 rings (SSSR count). The maximum Gasteiger partial charge on any atom is 0.268 e. The highest BCUT2D eigenvalue weighted by Gasteiger charge is 2.17. The Bertz CT molecular complexity index is 478. The number of thiophene rings is 1. The van der Waals surface area contributed by atoms with Crippen molar-refractivity contribution in [1.29, 1.82) is 0 Å². The number of hydrogen-bond acceptors (Lipinski definition) is 5. The van der Waals surface area contributed by atoms with Crippen LogP contribution in [0.15, 0.2) is 18.8 Å². The Labute approximate surface area is 113 Å². The molecule has 0 fully saturated rings. The van der Waals surface area contributed by atoms with Crippen LogP contribution in [0.25, 0.3) is 10.8 Å². The van der Waals surface area contributed by atoms with E-state index in [4.69, 9.17) is 4.52 Å². The highest BCUT2D eigenvalue weighted by molar-refractivity contribution is 9.13. The first-order chi connectivity index (χ1) is 7.61. The third-order valence-corrected chi connectivity index (χ3v) is 5.23. The van der Waals surface area contributed by atoms with Gasteiger partial charge in [-0.2, -0.15) is 4.98 Å². The molecule has 0 spiro atoms. The third kappa shape index (κ3) is 2.37. The van der Waals surface area contributed by atoms with Crippen LogP contribution in [0.4, 0.5) is 0 Å². The molecule has 1 atom stereocenters. The molecule has 2 aromatic rings. The van der Waals surface area contributed by atoms with Crippen LogP contribution in [-0.2, 0) is 0 Å². The van der Waals surface area contributed by atoms with Gasteiger partial charge in [-0.05, 0) is 44.3 Å². The minimum Gasteiger partial charge on any atom is -0.385 e. The van der Waals surface area contributed by atoms with Crippen LogP contribution in [0, 0.1) is 0 Å². The van der Waals surface area contributed by atoms with Crippen LogP contribution in [0.2, 0.25) is 0 Å². The highest BCUT2D eigenvalue weighted by atomic mass is 79.9. The molecule has 16 heavy (non-hydrogen) atoms. The van der Waals surface area contributed by atoms with Gasteiger partial charge < -0.3 is 9.63 Å². The lowest BCUT2D eigenvalue weighted by molar-refractivity contribution is 0.159. The van der Waals surface area contributed by atoms with E-state index in [1.807, 2.05) is 13.0 Å². The fourth-order valence-corrected chi connectivity index (χ4v) is 3.06. The van der Waals surface area contributed by atoms with E-state index in [0.717, 1.165) is 13.1 Å². The smallest absolute Gasteiger partial charge is 0.268 e. The summed E-state index contributed by atoms with van der Waals surface area (Å²) in [6, 6.07) is 1.89. The number of rotatable bonds is 3. The lowest BCUT2D eigenvalue weighted by atomic mass is 10.3. The monoisotopic (exact) mass is 366 g/mol. The van der Waals surface area contributed by atoms with E-state index in [-0.39, 0.29) is 0 Å². The van der Waals surface area contributed by atoms with E-state index < -0.39 is 6.10 Å². The molecule has 0 aliphatic heterocycles. The van der Waals surface area contributed by atoms with E-state index in [1.54, 1.807) is 0 Å². The fourth-order valence-electron chi connectivity index (χ4n) is 1.10. The first-order valence-electron chi connectivity index (χ1n) is 4.58. The average Bonchev–Trinajstić information content (AvgIpc) is 2.86. The van der Waals surface area contributed by atoms with Crippen LogP contribution >= 0.6 is 43.2 Å². The standard InChI is InChI=1S/C9H8Br2N2O2S/c1-2-5(14)8-12-9(15-13-8)6-3-4(10)7(11)16-6/h3,5,14H,2H2,1H3. The van der Waals surface area contributed by atoms with Gasteiger partial charge in [0.1, 0.15) is 6.10 Å². The van der Waals surface area contributed by atoms with E-state index in [9.17, 15) is 5.11 Å². The second kappa shape index (κ2) is 4.95. The highest BCUT2D eigenvalue weighted by Crippen LogP contribution is 2.37. The summed E-state index contributed by atoms with van der Waals surface area (Å²) >= 11 is 8.27. The number of hydrogen-bond donors (Lipinski definition) is 1. The molecule has 1 N–H and O–H groups in total. The fraction of sp³-hybridized carbons (Fsp3) is 0.333. The quantitative estimate of drug-likeness (QED) is 0.896. The van der Waals surface area contributed by atoms with Gasteiger partial charge in [0.2, 0.25) is 5.82 Å². The number of aromatic nitrogens is 2. The molecule has 0 bridgehead atoms. The average molecular weight is 368 g/mol. The molecule has 0 amide bonds. The first-order valence-corrected chi connectivity index (χ1v) is 6.99. The molecular formula is C9H8Br2N2O2S. The number of halogens is 2. The number of aliphatic hydroxyl groups is 1. The van der Waals surface area contributed by atoms with Crippen LogP contribution in [-0.4, -0.2) is 15.2 Å². The summed E-state index contributed by atoms with van der Waals surface area (Å²) in [6.45, 7) is 1.86. The maximum absolute atomic E-state index is 9.55. The summed E-state index contributed by atoms with van der Waals surface area (Å²) in [5, 5.41) is 13.3. The minimum atomic E-state index is -0.663. The van der Waals surface area contributed by atoms with Crippen molar-refractivity contribution in [2.24, 2.45) is 0 Å². The number of nitrogens with zero attached hydrogens (tertiary/aromatic N) is 2. The second-order valence-electron chi connectivity index (χ2n) is 3.11. The normalized spacial score (nSPS) is 13.0. The Morgan fingerprint density at radius 1 is 1.56 bits per heavy atom. The first kappa shape index (κ1) is 12.2. The molecule has 0 aromatic carbocycles. The molecule has 2 aromatic heterocycles. The van der Waals surface area contributed by atoms with E-state index >= 15 is 0 Å². The van der Waals surface area contributed by atoms with Crippen LogP contribution < -0.4 is 0 Å². The Balaban J connectivity index is 2.31. The van der Waals surface area contributed by atoms with Gasteiger partial charge in [0, 0.05) is 4.47 Å². The van der Waals surface area contributed by atoms with Crippen molar-refractivity contribution in [2.75, 3.05) is 0 Å². The molecule has 4 nitrogen and oxygen atoms in total. The van der Waals surface area contributed by atoms with Gasteiger partial charge in [-0.15, -0.1) is 11.3 Å². The van der Waals surface area contributed by atoms with Crippen molar-refractivity contribution in [3.63, 3.8) is 0 Å². The van der Waals surface area contributed by atoms with Gasteiger partial charge in [-0.3, -0.25) is 0 Å². The lowest BCUT2D eigenvalue weighted by Gasteiger charge is -1.97. The van der Waals surface area contributed by atoms with Crippen molar-refractivity contribution in [1.82, 2.24) is 10.1 Å². The van der Waals surface area contributed by atoms with Crippen molar-refractivity contribution >= 4 is 43.2 Å². The van der Waals surface area contributed by atoms with Crippen LogP contribution in [0.3, 0.4) is 0 Å². The van der Waals surface area contributed by atoms with Crippen molar-refractivity contribution in [2.45, 2.75) is 19.4 Å². The van der Waals surface area contributed by atoms with E-state index in [0.29, 0.717) is 18.1 Å². The molecule has 0 radical (unpaired) electrons. The molecule has 0 saturated carbocycles. The Morgan fingerprint density at radius 3 is 2.88 bits per heavy atom. The summed E-state index contributed by atoms with van der Waals surface area (Å²) in [6.07, 6.45) is -0.0964. The molecule has 2 heterocycles. The largest absolute Gasteiger partial charge is 0.385 e. The van der Waals surface area contributed by atoms with Crippen molar-refractivity contribution in [3.05, 3.63) is 20.1 Å². The topological polar surface area (TPSA) is 59.2 Å². The molecule has 1 unspecified atom stereocenters. The Kier molecular flexibility index (Phi) is 3.78. The second-order valence-corrected chi connectivity index (χ2v) is 6.34. The zero-order valence-corrected chi connectivity index (χ0v) is 12.3. The summed E-state index contributed by atoms with van der Waals surface area (Å²) in [5.41, 5.74) is 0. The molecular weight excluding hydrogens is 360 g/mol. The zero-order chi connectivity index (χ0) is 11.7. The van der Waals surface area contributed by atoms with Gasteiger partial charge in [0.05, 0.1) is 8.66 Å². The predicted octanol–water partition coefficient (Wildman–Crippen LogP) is 3.77. The van der Waals surface area contributed by atoms with Crippen LogP contribution in [0.5, 0.6) is 0 Å². The molecule has 7 heteroatoms. The van der Waals surface area contributed by atoms with E-state index in [2.05, 4.69) is 42.0 Å². The minimum absolute atomic E-state index is 0.332. The summed E-state index contributed by atoms with van der Waals surface area (Å²) in [5.74, 6) is 0.761. The van der Waals surface area contributed by atoms with Gasteiger partial charge in [-0.25, -0.2) is 0 Å². The van der Waals surface area contributed by atoms with Gasteiger partial charge in [-0.1, -0.05) is 12.1 Å². The Morgan fingerprint density at radius 2 is 2.31 bits per heavy atom. The SMILES string of the molecule is CCC(O)c1noc(-c2cc(Br)c(Br)s2)n1. The summed E-state index contributed by atoms with van der Waals surface area (Å²) in [7, 11) is 0. The summed E-state index contributed by atoms with van der Waals surface area (Å²) in [4.78, 5) is 5.01. The van der Waals surface area contributed by atoms with Crippen LogP contribution in [0.1, 0.15) is 25.3 Å². The van der Waals surface area contributed by atoms with Crippen molar-refractivity contribution in [3.8, 4) is 10.8 Å². The molecule has 0 saturated heterocycles. The zero-order valence-electron chi connectivity index (χ0n) is 8.28. The Hall–Kier alpha value is -0.240. The van der Waals surface area contributed by atoms with Gasteiger partial charge in [0.15, 0.2) is 0 Å². The predicted molar refractivity (Wildman–Crippen MR) is 68.3 cm³/mol. The number of aliphatic hydroxyl groups excluding tert-OH is 1. The molecule has 86 valence electrons. The van der Waals surface area contributed by atoms with Crippen molar-refractivity contribution < 1.29 is 9.63 Å².